The van der Waals surface area contributed by atoms with Crippen molar-refractivity contribution in [2.24, 2.45) is 0 Å². The van der Waals surface area contributed by atoms with E-state index in [1.54, 1.807) is 11.8 Å². The SMILES string of the molecule is CC(C)c1ccc(CSCC(=O)NC2CC2)cc1. The molecule has 0 bridgehead atoms. The van der Waals surface area contributed by atoms with Crippen molar-refractivity contribution in [1.82, 2.24) is 5.32 Å². The van der Waals surface area contributed by atoms with E-state index in [4.69, 9.17) is 0 Å². The Kier molecular flexibility index (Phi) is 4.70. The average molecular weight is 263 g/mol. The highest BCUT2D eigenvalue weighted by atomic mass is 32.2. The highest BCUT2D eigenvalue weighted by molar-refractivity contribution is 7.99. The van der Waals surface area contributed by atoms with Crippen LogP contribution in [0.15, 0.2) is 24.3 Å². The van der Waals surface area contributed by atoms with Crippen molar-refractivity contribution in [3.63, 3.8) is 0 Å². The Labute approximate surface area is 114 Å². The van der Waals surface area contributed by atoms with Crippen molar-refractivity contribution in [2.45, 2.75) is 44.4 Å². The average Bonchev–Trinajstić information content (AvgIpc) is 3.13. The van der Waals surface area contributed by atoms with Crippen LogP contribution in [0.1, 0.15) is 43.7 Å². The van der Waals surface area contributed by atoms with Crippen molar-refractivity contribution in [1.29, 1.82) is 0 Å². The third-order valence-electron chi connectivity index (χ3n) is 3.09. The number of amides is 1. The summed E-state index contributed by atoms with van der Waals surface area (Å²) < 4.78 is 0. The van der Waals surface area contributed by atoms with Crippen LogP contribution < -0.4 is 5.32 Å². The molecule has 0 atom stereocenters. The summed E-state index contributed by atoms with van der Waals surface area (Å²) in [7, 11) is 0. The summed E-state index contributed by atoms with van der Waals surface area (Å²) in [6, 6.07) is 9.18. The monoisotopic (exact) mass is 263 g/mol. The molecule has 0 unspecified atom stereocenters. The van der Waals surface area contributed by atoms with Crippen LogP contribution in [0.25, 0.3) is 0 Å². The van der Waals surface area contributed by atoms with Gasteiger partial charge in [0.1, 0.15) is 0 Å². The van der Waals surface area contributed by atoms with Gasteiger partial charge in [0.05, 0.1) is 5.75 Å². The van der Waals surface area contributed by atoms with E-state index in [0.717, 1.165) is 18.6 Å². The smallest absolute Gasteiger partial charge is 0.230 e. The molecular formula is C15H21NOS. The number of benzene rings is 1. The summed E-state index contributed by atoms with van der Waals surface area (Å²) in [6.07, 6.45) is 2.32. The fourth-order valence-corrected chi connectivity index (χ4v) is 2.56. The van der Waals surface area contributed by atoms with Gasteiger partial charge in [-0.2, -0.15) is 0 Å². The van der Waals surface area contributed by atoms with E-state index in [-0.39, 0.29) is 5.91 Å². The predicted molar refractivity (Wildman–Crippen MR) is 77.9 cm³/mol. The van der Waals surface area contributed by atoms with E-state index < -0.39 is 0 Å². The van der Waals surface area contributed by atoms with Crippen LogP contribution in [0.3, 0.4) is 0 Å². The minimum Gasteiger partial charge on any atom is -0.353 e. The van der Waals surface area contributed by atoms with Crippen molar-refractivity contribution < 1.29 is 4.79 Å². The lowest BCUT2D eigenvalue weighted by atomic mass is 10.0. The van der Waals surface area contributed by atoms with Crippen LogP contribution in [0, 0.1) is 0 Å². The van der Waals surface area contributed by atoms with E-state index in [9.17, 15) is 4.79 Å². The maximum Gasteiger partial charge on any atom is 0.230 e. The molecule has 1 aromatic rings. The number of hydrogen-bond donors (Lipinski definition) is 1. The van der Waals surface area contributed by atoms with Crippen molar-refractivity contribution in [3.8, 4) is 0 Å². The van der Waals surface area contributed by atoms with Gasteiger partial charge in [0, 0.05) is 11.8 Å². The highest BCUT2D eigenvalue weighted by Crippen LogP contribution is 2.20. The predicted octanol–water partition coefficient (Wildman–Crippen LogP) is 3.32. The molecule has 1 fully saturated rings. The first kappa shape index (κ1) is 13.5. The Balaban J connectivity index is 1.70. The highest BCUT2D eigenvalue weighted by Gasteiger charge is 2.22. The summed E-state index contributed by atoms with van der Waals surface area (Å²) in [6.45, 7) is 4.40. The number of hydrogen-bond acceptors (Lipinski definition) is 2. The molecule has 0 saturated heterocycles. The van der Waals surface area contributed by atoms with Gasteiger partial charge in [0.25, 0.3) is 0 Å². The first-order chi connectivity index (χ1) is 8.65. The van der Waals surface area contributed by atoms with Crippen LogP contribution >= 0.6 is 11.8 Å². The summed E-state index contributed by atoms with van der Waals surface area (Å²) in [5.41, 5.74) is 2.67. The van der Waals surface area contributed by atoms with Gasteiger partial charge >= 0.3 is 0 Å². The maximum absolute atomic E-state index is 11.5. The van der Waals surface area contributed by atoms with Gasteiger partial charge in [-0.15, -0.1) is 11.8 Å². The zero-order valence-corrected chi connectivity index (χ0v) is 11.9. The number of nitrogens with one attached hydrogen (secondary N) is 1. The fourth-order valence-electron chi connectivity index (χ4n) is 1.76. The van der Waals surface area contributed by atoms with E-state index in [1.165, 1.54) is 11.1 Å². The van der Waals surface area contributed by atoms with Crippen LogP contribution in [0.4, 0.5) is 0 Å². The minimum absolute atomic E-state index is 0.182. The van der Waals surface area contributed by atoms with Crippen LogP contribution in [-0.2, 0) is 10.5 Å². The molecule has 3 heteroatoms. The van der Waals surface area contributed by atoms with Crippen LogP contribution in [0.2, 0.25) is 0 Å². The molecular weight excluding hydrogens is 242 g/mol. The van der Waals surface area contributed by atoms with Crippen molar-refractivity contribution >= 4 is 17.7 Å². The van der Waals surface area contributed by atoms with E-state index in [2.05, 4.69) is 43.4 Å². The number of thioether (sulfide) groups is 1. The molecule has 2 rings (SSSR count). The molecule has 0 aliphatic heterocycles. The van der Waals surface area contributed by atoms with Gasteiger partial charge < -0.3 is 5.32 Å². The number of rotatable bonds is 6. The Morgan fingerprint density at radius 2 is 2.00 bits per heavy atom. The lowest BCUT2D eigenvalue weighted by molar-refractivity contribution is -0.118. The molecule has 1 amide bonds. The molecule has 2 nitrogen and oxygen atoms in total. The molecule has 18 heavy (non-hydrogen) atoms. The molecule has 98 valence electrons. The first-order valence-corrected chi connectivity index (χ1v) is 7.76. The van der Waals surface area contributed by atoms with Crippen molar-refractivity contribution in [3.05, 3.63) is 35.4 Å². The van der Waals surface area contributed by atoms with Gasteiger partial charge in [-0.3, -0.25) is 4.79 Å². The third kappa shape index (κ3) is 4.37. The number of carbonyl (C=O) groups excluding carboxylic acids is 1. The third-order valence-corrected chi connectivity index (χ3v) is 4.09. The second kappa shape index (κ2) is 6.28. The maximum atomic E-state index is 11.5. The molecule has 1 aliphatic carbocycles. The first-order valence-electron chi connectivity index (χ1n) is 6.61. The minimum atomic E-state index is 0.182. The molecule has 1 aliphatic rings. The standard InChI is InChI=1S/C15H21NOS/c1-11(2)13-5-3-12(4-6-13)9-18-10-15(17)16-14-7-8-14/h3-6,11,14H,7-10H2,1-2H3,(H,16,17). The summed E-state index contributed by atoms with van der Waals surface area (Å²) in [5, 5.41) is 3.00. The summed E-state index contributed by atoms with van der Waals surface area (Å²) in [5.74, 6) is 2.25. The molecule has 0 heterocycles. The second-order valence-corrected chi connectivity index (χ2v) is 6.22. The van der Waals surface area contributed by atoms with Crippen LogP contribution in [-0.4, -0.2) is 17.7 Å². The van der Waals surface area contributed by atoms with E-state index >= 15 is 0 Å². The largest absolute Gasteiger partial charge is 0.353 e. The van der Waals surface area contributed by atoms with E-state index in [1.807, 2.05) is 0 Å². The fraction of sp³-hybridized carbons (Fsp3) is 0.533. The Morgan fingerprint density at radius 1 is 1.33 bits per heavy atom. The van der Waals surface area contributed by atoms with Crippen molar-refractivity contribution in [2.75, 3.05) is 5.75 Å². The number of carbonyl (C=O) groups is 1. The lowest BCUT2D eigenvalue weighted by Gasteiger charge is -2.07. The van der Waals surface area contributed by atoms with Gasteiger partial charge in [-0.05, 0) is 29.9 Å². The van der Waals surface area contributed by atoms with Gasteiger partial charge in [0.2, 0.25) is 5.91 Å². The normalized spacial score (nSPS) is 14.8. The zero-order chi connectivity index (χ0) is 13.0. The van der Waals surface area contributed by atoms with Crippen LogP contribution in [0.5, 0.6) is 0 Å². The second-order valence-electron chi connectivity index (χ2n) is 5.23. The topological polar surface area (TPSA) is 29.1 Å². The summed E-state index contributed by atoms with van der Waals surface area (Å²) >= 11 is 1.69. The molecule has 0 radical (unpaired) electrons. The van der Waals surface area contributed by atoms with Gasteiger partial charge in [0.15, 0.2) is 0 Å². The Morgan fingerprint density at radius 3 is 2.56 bits per heavy atom. The zero-order valence-electron chi connectivity index (χ0n) is 11.1. The quantitative estimate of drug-likeness (QED) is 0.853. The lowest BCUT2D eigenvalue weighted by Crippen LogP contribution is -2.27. The molecule has 0 aromatic heterocycles. The Hall–Kier alpha value is -0.960. The van der Waals surface area contributed by atoms with E-state index in [0.29, 0.717) is 17.7 Å². The molecule has 1 aromatic carbocycles. The van der Waals surface area contributed by atoms with Gasteiger partial charge in [-0.1, -0.05) is 38.1 Å². The molecule has 1 N–H and O–H groups in total. The Bertz CT molecular complexity index is 395. The molecule has 0 spiro atoms. The summed E-state index contributed by atoms with van der Waals surface area (Å²) in [4.78, 5) is 11.5. The molecule has 1 saturated carbocycles. The van der Waals surface area contributed by atoms with Gasteiger partial charge in [-0.25, -0.2) is 0 Å².